The van der Waals surface area contributed by atoms with E-state index in [1.165, 1.54) is 0 Å². The van der Waals surface area contributed by atoms with Gasteiger partial charge in [0.2, 0.25) is 0 Å². The molecule has 0 radical (unpaired) electrons. The monoisotopic (exact) mass is 243 g/mol. The SMILES string of the molecule is C[C@@]1(O)CCNC[C@@]1(O)c1ccccc1.Cl. The molecule has 3 nitrogen and oxygen atoms in total. The zero-order valence-electron chi connectivity index (χ0n) is 9.31. The van der Waals surface area contributed by atoms with Gasteiger partial charge in [0.15, 0.2) is 0 Å². The summed E-state index contributed by atoms with van der Waals surface area (Å²) >= 11 is 0. The number of β-amino-alcohol motifs (C(OH)–C–C–N with tert-alkyl or cyclic N) is 1. The number of aliphatic hydroxyl groups is 2. The van der Waals surface area contributed by atoms with Crippen LogP contribution in [0.3, 0.4) is 0 Å². The zero-order valence-corrected chi connectivity index (χ0v) is 10.1. The van der Waals surface area contributed by atoms with Crippen LogP contribution >= 0.6 is 12.4 Å². The van der Waals surface area contributed by atoms with Crippen molar-refractivity contribution in [2.45, 2.75) is 24.5 Å². The average molecular weight is 244 g/mol. The Morgan fingerprint density at radius 2 is 1.81 bits per heavy atom. The van der Waals surface area contributed by atoms with Crippen LogP contribution in [0.15, 0.2) is 30.3 Å². The van der Waals surface area contributed by atoms with Crippen molar-refractivity contribution in [3.8, 4) is 0 Å². The first-order chi connectivity index (χ1) is 7.06. The van der Waals surface area contributed by atoms with Crippen LogP contribution in [0.25, 0.3) is 0 Å². The van der Waals surface area contributed by atoms with E-state index in [4.69, 9.17) is 0 Å². The lowest BCUT2D eigenvalue weighted by atomic mass is 9.74. The van der Waals surface area contributed by atoms with E-state index < -0.39 is 11.2 Å². The van der Waals surface area contributed by atoms with Crippen molar-refractivity contribution < 1.29 is 10.2 Å². The molecule has 0 bridgehead atoms. The van der Waals surface area contributed by atoms with Gasteiger partial charge in [-0.1, -0.05) is 30.3 Å². The molecule has 1 fully saturated rings. The standard InChI is InChI=1S/C12H17NO2.ClH/c1-11(14)7-8-13-9-12(11,15)10-5-3-2-4-6-10;/h2-6,13-15H,7-9H2,1H3;1H/t11-,12-;/m1./s1. The molecule has 1 aliphatic heterocycles. The predicted molar refractivity (Wildman–Crippen MR) is 65.7 cm³/mol. The van der Waals surface area contributed by atoms with Gasteiger partial charge in [0.25, 0.3) is 0 Å². The molecule has 90 valence electrons. The lowest BCUT2D eigenvalue weighted by Gasteiger charge is -2.45. The van der Waals surface area contributed by atoms with Gasteiger partial charge in [0.1, 0.15) is 5.60 Å². The Balaban J connectivity index is 0.00000128. The lowest BCUT2D eigenvalue weighted by Crippen LogP contribution is -2.60. The minimum atomic E-state index is -1.19. The van der Waals surface area contributed by atoms with Gasteiger partial charge >= 0.3 is 0 Å². The van der Waals surface area contributed by atoms with Crippen molar-refractivity contribution in [1.29, 1.82) is 0 Å². The molecular formula is C12H18ClNO2. The third kappa shape index (κ3) is 2.09. The highest BCUT2D eigenvalue weighted by molar-refractivity contribution is 5.85. The molecule has 16 heavy (non-hydrogen) atoms. The fourth-order valence-corrected chi connectivity index (χ4v) is 2.13. The van der Waals surface area contributed by atoms with Crippen molar-refractivity contribution >= 4 is 12.4 Å². The van der Waals surface area contributed by atoms with Crippen LogP contribution < -0.4 is 5.32 Å². The van der Waals surface area contributed by atoms with E-state index in [2.05, 4.69) is 5.32 Å². The van der Waals surface area contributed by atoms with Crippen molar-refractivity contribution in [2.24, 2.45) is 0 Å². The summed E-state index contributed by atoms with van der Waals surface area (Å²) in [6.07, 6.45) is 0.554. The molecule has 1 aliphatic rings. The van der Waals surface area contributed by atoms with Crippen LogP contribution in [0.4, 0.5) is 0 Å². The summed E-state index contributed by atoms with van der Waals surface area (Å²) in [5, 5.41) is 23.9. The quantitative estimate of drug-likeness (QED) is 0.691. The third-order valence-corrected chi connectivity index (χ3v) is 3.31. The molecule has 0 saturated carbocycles. The molecule has 1 aromatic carbocycles. The molecule has 1 aromatic rings. The van der Waals surface area contributed by atoms with Crippen LogP contribution in [-0.4, -0.2) is 28.9 Å². The van der Waals surface area contributed by atoms with E-state index in [1.807, 2.05) is 30.3 Å². The first-order valence-corrected chi connectivity index (χ1v) is 5.27. The van der Waals surface area contributed by atoms with Crippen LogP contribution in [0, 0.1) is 0 Å². The summed E-state index contributed by atoms with van der Waals surface area (Å²) in [5.41, 5.74) is -1.49. The molecule has 2 rings (SSSR count). The number of benzene rings is 1. The summed E-state index contributed by atoms with van der Waals surface area (Å²) in [6, 6.07) is 9.34. The van der Waals surface area contributed by atoms with Gasteiger partial charge in [-0.05, 0) is 25.5 Å². The second-order valence-electron chi connectivity index (χ2n) is 4.43. The minimum Gasteiger partial charge on any atom is -0.387 e. The normalized spacial score (nSPS) is 34.2. The molecule has 0 spiro atoms. The number of nitrogens with one attached hydrogen (secondary N) is 1. The Morgan fingerprint density at radius 1 is 1.19 bits per heavy atom. The molecule has 1 saturated heterocycles. The highest BCUT2D eigenvalue weighted by Crippen LogP contribution is 2.36. The fourth-order valence-electron chi connectivity index (χ4n) is 2.13. The van der Waals surface area contributed by atoms with Gasteiger partial charge in [-0.3, -0.25) is 0 Å². The summed E-state index contributed by atoms with van der Waals surface area (Å²) in [7, 11) is 0. The fraction of sp³-hybridized carbons (Fsp3) is 0.500. The number of halogens is 1. The Morgan fingerprint density at radius 3 is 2.38 bits per heavy atom. The molecular weight excluding hydrogens is 226 g/mol. The van der Waals surface area contributed by atoms with Gasteiger partial charge in [0, 0.05) is 6.54 Å². The van der Waals surface area contributed by atoms with Gasteiger partial charge in [-0.2, -0.15) is 0 Å². The number of rotatable bonds is 1. The highest BCUT2D eigenvalue weighted by Gasteiger charge is 2.48. The molecule has 0 unspecified atom stereocenters. The molecule has 3 N–H and O–H groups in total. The topological polar surface area (TPSA) is 52.5 Å². The lowest BCUT2D eigenvalue weighted by molar-refractivity contribution is -0.162. The first kappa shape index (κ1) is 13.5. The second kappa shape index (κ2) is 4.72. The highest BCUT2D eigenvalue weighted by atomic mass is 35.5. The maximum absolute atomic E-state index is 10.6. The van der Waals surface area contributed by atoms with Gasteiger partial charge in [-0.15, -0.1) is 12.4 Å². The molecule has 2 atom stereocenters. The van der Waals surface area contributed by atoms with E-state index in [0.29, 0.717) is 13.0 Å². The van der Waals surface area contributed by atoms with Crippen LogP contribution in [0.1, 0.15) is 18.9 Å². The van der Waals surface area contributed by atoms with Crippen LogP contribution in [0.2, 0.25) is 0 Å². The van der Waals surface area contributed by atoms with Crippen molar-refractivity contribution in [3.05, 3.63) is 35.9 Å². The Kier molecular flexibility index (Phi) is 3.97. The number of hydrogen-bond acceptors (Lipinski definition) is 3. The van der Waals surface area contributed by atoms with Crippen LogP contribution in [-0.2, 0) is 5.60 Å². The van der Waals surface area contributed by atoms with E-state index in [-0.39, 0.29) is 12.4 Å². The molecule has 0 amide bonds. The second-order valence-corrected chi connectivity index (χ2v) is 4.43. The molecule has 4 heteroatoms. The maximum Gasteiger partial charge on any atom is 0.130 e. The van der Waals surface area contributed by atoms with E-state index in [0.717, 1.165) is 12.1 Å². The maximum atomic E-state index is 10.6. The molecule has 0 aliphatic carbocycles. The first-order valence-electron chi connectivity index (χ1n) is 5.27. The van der Waals surface area contributed by atoms with E-state index >= 15 is 0 Å². The summed E-state index contributed by atoms with van der Waals surface area (Å²) in [6.45, 7) is 2.83. The number of hydrogen-bond donors (Lipinski definition) is 3. The molecule has 0 aromatic heterocycles. The predicted octanol–water partition coefficient (Wildman–Crippen LogP) is 1.04. The van der Waals surface area contributed by atoms with Crippen molar-refractivity contribution in [1.82, 2.24) is 5.32 Å². The summed E-state index contributed by atoms with van der Waals surface area (Å²) < 4.78 is 0. The zero-order chi connectivity index (χ0) is 10.9. The largest absolute Gasteiger partial charge is 0.387 e. The van der Waals surface area contributed by atoms with Gasteiger partial charge in [-0.25, -0.2) is 0 Å². The smallest absolute Gasteiger partial charge is 0.130 e. The van der Waals surface area contributed by atoms with E-state index in [9.17, 15) is 10.2 Å². The van der Waals surface area contributed by atoms with Crippen molar-refractivity contribution in [3.63, 3.8) is 0 Å². The number of piperidine rings is 1. The van der Waals surface area contributed by atoms with Gasteiger partial charge < -0.3 is 15.5 Å². The van der Waals surface area contributed by atoms with Gasteiger partial charge in [0.05, 0.1) is 5.60 Å². The Hall–Kier alpha value is -0.610. The van der Waals surface area contributed by atoms with Crippen molar-refractivity contribution in [2.75, 3.05) is 13.1 Å². The summed E-state index contributed by atoms with van der Waals surface area (Å²) in [4.78, 5) is 0. The van der Waals surface area contributed by atoms with E-state index in [1.54, 1.807) is 6.92 Å². The Bertz CT molecular complexity index is 342. The third-order valence-electron chi connectivity index (χ3n) is 3.31. The Labute approximate surface area is 102 Å². The average Bonchev–Trinajstić information content (AvgIpc) is 2.24. The minimum absolute atomic E-state index is 0. The van der Waals surface area contributed by atoms with Crippen LogP contribution in [0.5, 0.6) is 0 Å². The summed E-state index contributed by atoms with van der Waals surface area (Å²) in [5.74, 6) is 0. The molecule has 1 heterocycles.